The maximum Gasteiger partial charge on any atom is 0.142 e. The average molecular weight is 214 g/mol. The molecule has 0 atom stereocenters. The summed E-state index contributed by atoms with van der Waals surface area (Å²) < 4.78 is 0. The van der Waals surface area contributed by atoms with Crippen LogP contribution in [-0.2, 0) is 4.79 Å². The smallest absolute Gasteiger partial charge is 0.142 e. The minimum absolute atomic E-state index is 0.468. The Labute approximate surface area is 92.0 Å². The highest BCUT2D eigenvalue weighted by Crippen LogP contribution is 2.29. The summed E-state index contributed by atoms with van der Waals surface area (Å²) in [7, 11) is 0. The normalized spacial score (nSPS) is 17.5. The summed E-state index contributed by atoms with van der Waals surface area (Å²) in [6.07, 6.45) is 9.76. The molecule has 0 aliphatic heterocycles. The van der Waals surface area contributed by atoms with Gasteiger partial charge in [0.2, 0.25) is 0 Å². The lowest BCUT2D eigenvalue weighted by atomic mass is 10.2. The lowest BCUT2D eigenvalue weighted by Gasteiger charge is -2.07. The number of carbonyl (C=O) groups excluding carboxylic acids is 1. The molecule has 0 bridgehead atoms. The number of carbonyl (C=O) groups is 1. The van der Waals surface area contributed by atoms with Crippen LogP contribution in [0.25, 0.3) is 0 Å². The summed E-state index contributed by atoms with van der Waals surface area (Å²) in [5, 5.41) is 0.796. The van der Waals surface area contributed by atoms with Gasteiger partial charge in [0.25, 0.3) is 0 Å². The van der Waals surface area contributed by atoms with Crippen LogP contribution in [0.15, 0.2) is 0 Å². The van der Waals surface area contributed by atoms with Crippen molar-refractivity contribution in [1.82, 2.24) is 0 Å². The lowest BCUT2D eigenvalue weighted by molar-refractivity contribution is -0.116. The number of unbranched alkanes of at least 4 members (excludes halogenated alkanes) is 2. The van der Waals surface area contributed by atoms with Crippen molar-refractivity contribution in [2.45, 2.75) is 63.5 Å². The van der Waals surface area contributed by atoms with Crippen LogP contribution in [0.2, 0.25) is 0 Å². The van der Waals surface area contributed by atoms with Crippen molar-refractivity contribution in [3.05, 3.63) is 0 Å². The van der Waals surface area contributed by atoms with Crippen LogP contribution >= 0.6 is 11.8 Å². The van der Waals surface area contributed by atoms with Crippen LogP contribution in [0.5, 0.6) is 0 Å². The summed E-state index contributed by atoms with van der Waals surface area (Å²) in [6.45, 7) is 2.18. The highest BCUT2D eigenvalue weighted by Gasteiger charge is 2.16. The fourth-order valence-corrected chi connectivity index (χ4v) is 3.14. The van der Waals surface area contributed by atoms with Crippen molar-refractivity contribution in [1.29, 1.82) is 0 Å². The van der Waals surface area contributed by atoms with E-state index < -0.39 is 0 Å². The Bertz CT molecular complexity index is 162. The molecule has 0 heterocycles. The first-order chi connectivity index (χ1) is 6.83. The summed E-state index contributed by atoms with van der Waals surface area (Å²) in [5.41, 5.74) is 0. The predicted octanol–water partition coefficient (Wildman–Crippen LogP) is 3.81. The summed E-state index contributed by atoms with van der Waals surface area (Å²) in [6, 6.07) is 0. The molecule has 1 nitrogen and oxygen atoms in total. The molecule has 14 heavy (non-hydrogen) atoms. The van der Waals surface area contributed by atoms with E-state index in [1.165, 1.54) is 38.5 Å². The first-order valence-corrected chi connectivity index (χ1v) is 7.01. The van der Waals surface area contributed by atoms with Crippen molar-refractivity contribution in [2.24, 2.45) is 0 Å². The maximum atomic E-state index is 11.5. The molecular weight excluding hydrogens is 192 g/mol. The molecule has 0 unspecified atom stereocenters. The Morgan fingerprint density at radius 2 is 2.00 bits per heavy atom. The van der Waals surface area contributed by atoms with Gasteiger partial charge in [0, 0.05) is 11.7 Å². The second kappa shape index (κ2) is 7.33. The molecule has 0 radical (unpaired) electrons. The van der Waals surface area contributed by atoms with Gasteiger partial charge in [-0.05, 0) is 19.3 Å². The van der Waals surface area contributed by atoms with E-state index in [0.717, 1.165) is 23.8 Å². The van der Waals surface area contributed by atoms with E-state index >= 15 is 0 Å². The van der Waals surface area contributed by atoms with Gasteiger partial charge in [-0.15, -0.1) is 0 Å². The van der Waals surface area contributed by atoms with Crippen LogP contribution in [0, 0.1) is 0 Å². The van der Waals surface area contributed by atoms with Crippen molar-refractivity contribution < 1.29 is 4.79 Å². The number of thioether (sulfide) groups is 1. The molecular formula is C12H22OS. The van der Waals surface area contributed by atoms with E-state index in [2.05, 4.69) is 6.92 Å². The molecule has 0 aromatic carbocycles. The molecule has 1 aliphatic rings. The van der Waals surface area contributed by atoms with Gasteiger partial charge in [-0.25, -0.2) is 0 Å². The van der Waals surface area contributed by atoms with Crippen molar-refractivity contribution >= 4 is 17.5 Å². The van der Waals surface area contributed by atoms with Gasteiger partial charge in [0.05, 0.1) is 5.75 Å². The molecule has 1 fully saturated rings. The molecule has 0 aromatic heterocycles. The molecule has 0 spiro atoms. The lowest BCUT2D eigenvalue weighted by Crippen LogP contribution is -2.05. The van der Waals surface area contributed by atoms with E-state index in [-0.39, 0.29) is 0 Å². The number of hydrogen-bond acceptors (Lipinski definition) is 2. The molecule has 0 saturated heterocycles. The Morgan fingerprint density at radius 1 is 1.29 bits per heavy atom. The highest BCUT2D eigenvalue weighted by molar-refractivity contribution is 8.00. The van der Waals surface area contributed by atoms with Gasteiger partial charge in [0.15, 0.2) is 0 Å². The van der Waals surface area contributed by atoms with Crippen LogP contribution in [0.1, 0.15) is 58.3 Å². The number of ketones is 1. The van der Waals surface area contributed by atoms with E-state index in [1.807, 2.05) is 11.8 Å². The number of hydrogen-bond donors (Lipinski definition) is 0. The topological polar surface area (TPSA) is 17.1 Å². The zero-order chi connectivity index (χ0) is 10.2. The van der Waals surface area contributed by atoms with Gasteiger partial charge in [0.1, 0.15) is 5.78 Å². The SMILES string of the molecule is CCCCCC(=O)CSC1CCCC1. The van der Waals surface area contributed by atoms with E-state index in [0.29, 0.717) is 5.78 Å². The van der Waals surface area contributed by atoms with Crippen molar-refractivity contribution in [3.8, 4) is 0 Å². The second-order valence-electron chi connectivity index (χ2n) is 4.21. The third-order valence-corrected chi connectivity index (χ3v) is 4.27. The zero-order valence-corrected chi connectivity index (χ0v) is 10.1. The Morgan fingerprint density at radius 3 is 2.64 bits per heavy atom. The van der Waals surface area contributed by atoms with Crippen LogP contribution in [-0.4, -0.2) is 16.8 Å². The van der Waals surface area contributed by atoms with Crippen molar-refractivity contribution in [2.75, 3.05) is 5.75 Å². The molecule has 1 rings (SSSR count). The first-order valence-electron chi connectivity index (χ1n) is 5.96. The average Bonchev–Trinajstić information content (AvgIpc) is 2.68. The number of Topliss-reactive ketones (excluding diaryl/α,β-unsaturated/α-hetero) is 1. The van der Waals surface area contributed by atoms with Gasteiger partial charge < -0.3 is 0 Å². The minimum atomic E-state index is 0.468. The fourth-order valence-electron chi connectivity index (χ4n) is 1.91. The molecule has 1 aliphatic carbocycles. The summed E-state index contributed by atoms with van der Waals surface area (Å²) in [5.74, 6) is 1.24. The van der Waals surface area contributed by atoms with Crippen molar-refractivity contribution in [3.63, 3.8) is 0 Å². The predicted molar refractivity (Wildman–Crippen MR) is 63.9 cm³/mol. The molecule has 0 aromatic rings. The third-order valence-electron chi connectivity index (χ3n) is 2.84. The molecule has 2 heteroatoms. The molecule has 1 saturated carbocycles. The highest BCUT2D eigenvalue weighted by atomic mass is 32.2. The monoisotopic (exact) mass is 214 g/mol. The third kappa shape index (κ3) is 5.04. The Kier molecular flexibility index (Phi) is 6.33. The van der Waals surface area contributed by atoms with Gasteiger partial charge in [-0.3, -0.25) is 4.79 Å². The summed E-state index contributed by atoms with van der Waals surface area (Å²) >= 11 is 1.90. The molecule has 0 N–H and O–H groups in total. The summed E-state index contributed by atoms with van der Waals surface area (Å²) in [4.78, 5) is 11.5. The van der Waals surface area contributed by atoms with Gasteiger partial charge >= 0.3 is 0 Å². The van der Waals surface area contributed by atoms with Crippen LogP contribution < -0.4 is 0 Å². The minimum Gasteiger partial charge on any atom is -0.299 e. The molecule has 82 valence electrons. The Balaban J connectivity index is 1.96. The van der Waals surface area contributed by atoms with Crippen LogP contribution in [0.4, 0.5) is 0 Å². The maximum absolute atomic E-state index is 11.5. The Hall–Kier alpha value is 0.0200. The zero-order valence-electron chi connectivity index (χ0n) is 9.26. The first kappa shape index (κ1) is 12.1. The number of rotatable bonds is 7. The fraction of sp³-hybridized carbons (Fsp3) is 0.917. The van der Waals surface area contributed by atoms with E-state index in [4.69, 9.17) is 0 Å². The quantitative estimate of drug-likeness (QED) is 0.599. The van der Waals surface area contributed by atoms with Crippen LogP contribution in [0.3, 0.4) is 0 Å². The van der Waals surface area contributed by atoms with Gasteiger partial charge in [-0.1, -0.05) is 32.6 Å². The largest absolute Gasteiger partial charge is 0.299 e. The van der Waals surface area contributed by atoms with E-state index in [9.17, 15) is 4.79 Å². The molecule has 0 amide bonds. The second-order valence-corrected chi connectivity index (χ2v) is 5.50. The van der Waals surface area contributed by atoms with E-state index in [1.54, 1.807) is 0 Å². The van der Waals surface area contributed by atoms with Gasteiger partial charge in [-0.2, -0.15) is 11.8 Å². The standard InChI is InChI=1S/C12H22OS/c1-2-3-4-7-11(13)10-14-12-8-5-6-9-12/h12H,2-10H2,1H3.